The first-order valence-corrected chi connectivity index (χ1v) is 25.0. The summed E-state index contributed by atoms with van der Waals surface area (Å²) in [6.45, 7) is 0.641. The number of hydrogen-bond donors (Lipinski definition) is 1. The molecule has 282 valence electrons. The topological polar surface area (TPSA) is 52.2 Å². The minimum atomic E-state index is -0.944. The molecule has 0 saturated carbocycles. The molecular formula is C64H8NNaO2. The molecule has 0 fully saturated rings. The Kier molecular flexibility index (Phi) is 2.47. The normalized spacial score (nSPS) is 20.8. The van der Waals surface area contributed by atoms with Crippen LogP contribution in [0.4, 0.5) is 0 Å². The van der Waals surface area contributed by atoms with Gasteiger partial charge >= 0.3 is 29.6 Å². The van der Waals surface area contributed by atoms with Gasteiger partial charge in [-0.3, -0.25) is 0 Å². The van der Waals surface area contributed by atoms with E-state index in [0.717, 1.165) is 0 Å². The monoisotopic (exact) mass is 845 g/mol. The fraction of sp³-hybridized carbons (Fsp3) is 0.0781. The third kappa shape index (κ3) is 1.47. The quantitative estimate of drug-likeness (QED) is 0.107. The fourth-order valence-electron chi connectivity index (χ4n) is 24.0. The van der Waals surface area contributed by atoms with Gasteiger partial charge in [0.2, 0.25) is 0 Å². The smallest absolute Gasteiger partial charge is 0.550 e. The second-order valence-corrected chi connectivity index (χ2v) is 24.5. The Balaban J connectivity index is 0.00000304. The van der Waals surface area contributed by atoms with Crippen molar-refractivity contribution in [2.45, 2.75) is 24.3 Å². The maximum Gasteiger partial charge on any atom is 1.00 e. The summed E-state index contributed by atoms with van der Waals surface area (Å²) < 4.78 is 0. The van der Waals surface area contributed by atoms with Crippen LogP contribution in [0.25, 0.3) is 291 Å². The molecule has 32 rings (SSSR count). The van der Waals surface area contributed by atoms with Crippen LogP contribution in [0.1, 0.15) is 41.0 Å². The van der Waals surface area contributed by atoms with Crippen LogP contribution in [0, 0.1) is 0 Å². The minimum absolute atomic E-state index is 0. The van der Waals surface area contributed by atoms with Gasteiger partial charge in [0.25, 0.3) is 0 Å². The van der Waals surface area contributed by atoms with Gasteiger partial charge in [0, 0.05) is 11.9 Å². The van der Waals surface area contributed by atoms with Crippen molar-refractivity contribution in [1.82, 2.24) is 5.32 Å². The van der Waals surface area contributed by atoms with Crippen molar-refractivity contribution in [1.29, 1.82) is 0 Å². The van der Waals surface area contributed by atoms with Crippen molar-refractivity contribution < 1.29 is 39.5 Å². The van der Waals surface area contributed by atoms with Gasteiger partial charge in [-0.2, -0.15) is 0 Å². The van der Waals surface area contributed by atoms with E-state index < -0.39 is 11.5 Å². The van der Waals surface area contributed by atoms with Gasteiger partial charge < -0.3 is 15.2 Å². The molecule has 0 aliphatic heterocycles. The molecule has 0 unspecified atom stereocenters. The molecule has 0 amide bonds. The number of nitrogens with one attached hydrogen (secondary N) is 1. The Hall–Kier alpha value is -7.11. The first-order chi connectivity index (χ1) is 33.3. The molecule has 0 aromatic heterocycles. The molecule has 28 aromatic carbocycles. The second kappa shape index (κ2) is 6.21. The molecular weight excluding hydrogens is 838 g/mol. The van der Waals surface area contributed by atoms with Crippen LogP contribution >= 0.6 is 0 Å². The molecule has 28 aromatic rings. The fourth-order valence-corrected chi connectivity index (χ4v) is 24.0. The summed E-state index contributed by atoms with van der Waals surface area (Å²) in [6, 6.07) is 0. The average Bonchev–Trinajstić information content (AvgIpc) is 4.17. The van der Waals surface area contributed by atoms with Crippen molar-refractivity contribution >= 4 is 297 Å². The maximum absolute atomic E-state index is 12.3. The summed E-state index contributed by atoms with van der Waals surface area (Å²) in [7, 11) is 0. The Labute approximate surface area is 391 Å². The van der Waals surface area contributed by atoms with E-state index in [1.807, 2.05) is 0 Å². The Morgan fingerprint density at radius 2 is 0.485 bits per heavy atom. The summed E-state index contributed by atoms with van der Waals surface area (Å²) in [5.41, 5.74) is 5.88. The van der Waals surface area contributed by atoms with E-state index in [-0.39, 0.29) is 41.9 Å². The van der Waals surface area contributed by atoms with Crippen molar-refractivity contribution in [2.24, 2.45) is 0 Å². The Bertz CT molecular complexity index is 6830. The Morgan fingerprint density at radius 3 is 0.706 bits per heavy atom. The molecule has 4 aliphatic carbocycles. The van der Waals surface area contributed by atoms with Gasteiger partial charge in [-0.15, -0.1) is 0 Å². The maximum atomic E-state index is 12.3. The van der Waals surface area contributed by atoms with E-state index in [9.17, 15) is 9.90 Å². The van der Waals surface area contributed by atoms with E-state index in [1.165, 1.54) is 0 Å². The molecule has 3 nitrogen and oxygen atoms in total. The van der Waals surface area contributed by atoms with E-state index >= 15 is 0 Å². The van der Waals surface area contributed by atoms with E-state index in [2.05, 4.69) is 5.32 Å². The zero-order valence-corrected chi connectivity index (χ0v) is 37.0. The molecule has 0 heterocycles. The third-order valence-electron chi connectivity index (χ3n) is 24.1. The number of benzene rings is 18. The molecule has 0 bridgehead atoms. The molecule has 0 radical (unpaired) electrons. The molecule has 68 heavy (non-hydrogen) atoms. The van der Waals surface area contributed by atoms with Gasteiger partial charge in [-0.1, -0.05) is 0 Å². The van der Waals surface area contributed by atoms with Crippen LogP contribution in [-0.2, 0) is 10.3 Å². The number of carboxylic acids is 1. The summed E-state index contributed by atoms with van der Waals surface area (Å²) in [5.74, 6) is -0.832. The van der Waals surface area contributed by atoms with Crippen LogP contribution in [0.3, 0.4) is 0 Å². The number of carbonyl (C=O) groups is 1. The zero-order valence-electron chi connectivity index (χ0n) is 35.0. The molecule has 0 atom stereocenters. The van der Waals surface area contributed by atoms with Crippen LogP contribution in [0.2, 0.25) is 0 Å². The Morgan fingerprint density at radius 1 is 0.309 bits per heavy atom. The van der Waals surface area contributed by atoms with Crippen molar-refractivity contribution in [3.8, 4) is 0 Å². The second-order valence-electron chi connectivity index (χ2n) is 24.5. The SMILES string of the molecule is O=C([O-])CCCNC12c3c4c5c6c7c8c(c9c%10c1c1c3c3c%11c4c4c5c5c7c7c%12c8c8c9c9c%10c%10c1c1c3c3c%11c%11c4c4c5c7c5c7c%12c8c8c9c9c%10c1c1c3c3c%11c4c5c4c7c8c9c1c34)C62.[Na+]. The largest absolute Gasteiger partial charge is 1.00 e. The van der Waals surface area contributed by atoms with Crippen molar-refractivity contribution in [3.63, 3.8) is 0 Å². The molecule has 1 N–H and O–H groups in total. The molecule has 4 aliphatic rings. The van der Waals surface area contributed by atoms with Crippen LogP contribution in [0.5, 0.6) is 0 Å². The zero-order chi connectivity index (χ0) is 40.0. The van der Waals surface area contributed by atoms with E-state index in [4.69, 9.17) is 0 Å². The summed E-state index contributed by atoms with van der Waals surface area (Å²) >= 11 is 0. The number of aliphatic carboxylic acids is 1. The van der Waals surface area contributed by atoms with Gasteiger partial charge in [-0.25, -0.2) is 0 Å². The number of carbonyl (C=O) groups excluding carboxylic acids is 1. The third-order valence-corrected chi connectivity index (χ3v) is 24.1. The van der Waals surface area contributed by atoms with Gasteiger partial charge in [-0.05, 0) is 332 Å². The molecule has 0 saturated heterocycles. The predicted molar refractivity (Wildman–Crippen MR) is 277 cm³/mol. The number of carboxylic acid groups (broad SMARTS) is 1. The van der Waals surface area contributed by atoms with Gasteiger partial charge in [0.05, 0.1) is 5.54 Å². The predicted octanol–water partition coefficient (Wildman–Crippen LogP) is 12.2. The average molecular weight is 846 g/mol. The minimum Gasteiger partial charge on any atom is -0.550 e. The molecule has 0 spiro atoms. The molecule has 4 heteroatoms. The van der Waals surface area contributed by atoms with Crippen molar-refractivity contribution in [3.05, 3.63) is 22.3 Å². The van der Waals surface area contributed by atoms with Gasteiger partial charge in [0.1, 0.15) is 0 Å². The van der Waals surface area contributed by atoms with Crippen LogP contribution < -0.4 is 40.0 Å². The number of hydrogen-bond acceptors (Lipinski definition) is 3. The van der Waals surface area contributed by atoms with Crippen LogP contribution in [0.15, 0.2) is 0 Å². The first-order valence-electron chi connectivity index (χ1n) is 25.0. The van der Waals surface area contributed by atoms with Gasteiger partial charge in [0.15, 0.2) is 0 Å². The van der Waals surface area contributed by atoms with E-state index in [1.54, 1.807) is 313 Å². The van der Waals surface area contributed by atoms with E-state index in [0.29, 0.717) is 13.0 Å². The van der Waals surface area contributed by atoms with Crippen molar-refractivity contribution in [2.75, 3.05) is 6.54 Å². The summed E-state index contributed by atoms with van der Waals surface area (Å²) in [6.07, 6.45) is 0.632. The van der Waals surface area contributed by atoms with Crippen LogP contribution in [-0.4, -0.2) is 12.5 Å². The standard InChI is InChI=1S/C64H9NO2.Na/c66-4(67)2-1-3-65-64-61-57-51-37-29-21-9-6-5-7-10(9)22-24-20-14(7)16-12-8(5)11-15-13(6)19-23(21)35(37)43-41-27(19)25(15)33-31-17(11)18(12)32-34-26(16)28(20)42-44-36(24)38(30(22)29)52(51)58(61)54(44)56-48(42)46(34)50-40(32)39(31)49-45(33)47(41)55(53(43)57)62(64)59(49)60(50)63(56)64;/h61,65H,1-3H2,(H,66,67);/q;+1/p-1. The summed E-state index contributed by atoms with van der Waals surface area (Å²) in [5, 5.41) is 103. The summed E-state index contributed by atoms with van der Waals surface area (Å²) in [4.78, 5) is 12.3. The first kappa shape index (κ1) is 27.0. The number of rotatable bonds is 5.